The number of thiazole rings is 1. The van der Waals surface area contributed by atoms with Gasteiger partial charge in [-0.2, -0.15) is 0 Å². The van der Waals surface area contributed by atoms with Gasteiger partial charge in [0.25, 0.3) is 0 Å². The smallest absolute Gasteiger partial charge is 0.193 e. The largest absolute Gasteiger partial charge is 0.497 e. The fraction of sp³-hybridized carbons (Fsp3) is 0.154. The molecular weight excluding hydrogens is 278 g/mol. The summed E-state index contributed by atoms with van der Waals surface area (Å²) in [5.74, 6) is 1.62. The van der Waals surface area contributed by atoms with Crippen LogP contribution in [0.25, 0.3) is 4.96 Å². The lowest BCUT2D eigenvalue weighted by molar-refractivity contribution is 0.414. The van der Waals surface area contributed by atoms with Crippen molar-refractivity contribution in [3.63, 3.8) is 0 Å². The fourth-order valence-electron chi connectivity index (χ4n) is 1.76. The molecule has 0 spiro atoms. The summed E-state index contributed by atoms with van der Waals surface area (Å²) in [4.78, 5) is 6.59. The lowest BCUT2D eigenvalue weighted by Gasteiger charge is -2.06. The summed E-state index contributed by atoms with van der Waals surface area (Å²) in [7, 11) is 1.66. The van der Waals surface area contributed by atoms with Gasteiger partial charge in [0.15, 0.2) is 4.96 Å². The Labute approximate surface area is 119 Å². The van der Waals surface area contributed by atoms with Gasteiger partial charge in [0.1, 0.15) is 5.75 Å². The van der Waals surface area contributed by atoms with E-state index in [1.807, 2.05) is 34.2 Å². The number of fused-ring (bicyclic) bond motifs is 1. The summed E-state index contributed by atoms with van der Waals surface area (Å²) in [6, 6.07) is 5.69. The molecule has 0 aliphatic heterocycles. The number of thioether (sulfide) groups is 1. The molecule has 3 aromatic rings. The van der Waals surface area contributed by atoms with Gasteiger partial charge in [-0.1, -0.05) is 0 Å². The van der Waals surface area contributed by atoms with E-state index in [-0.39, 0.29) is 0 Å². The average Bonchev–Trinajstić information content (AvgIpc) is 2.98. The number of rotatable bonds is 4. The first-order chi connectivity index (χ1) is 9.26. The summed E-state index contributed by atoms with van der Waals surface area (Å²) in [5, 5.41) is 2.03. The topological polar surface area (TPSA) is 52.5 Å². The molecule has 0 atom stereocenters. The van der Waals surface area contributed by atoms with E-state index in [1.165, 1.54) is 0 Å². The number of benzene rings is 1. The second-order valence-electron chi connectivity index (χ2n) is 4.02. The normalized spacial score (nSPS) is 11.0. The standard InChI is InChI=1S/C13H13N3OS2/c1-17-10-2-3-11(14)12(6-10)19-8-9-7-16-4-5-18-13(16)15-9/h2-7H,8,14H2,1H3. The van der Waals surface area contributed by atoms with Crippen molar-refractivity contribution < 1.29 is 4.74 Å². The Hall–Kier alpha value is -1.66. The summed E-state index contributed by atoms with van der Waals surface area (Å²) in [5.41, 5.74) is 7.79. The Bertz CT molecular complexity index is 676. The third-order valence-corrected chi connectivity index (χ3v) is 4.61. The van der Waals surface area contributed by atoms with Gasteiger partial charge in [0.2, 0.25) is 0 Å². The number of hydrogen-bond acceptors (Lipinski definition) is 5. The van der Waals surface area contributed by atoms with Crippen LogP contribution < -0.4 is 10.5 Å². The molecule has 1 aromatic carbocycles. The summed E-state index contributed by atoms with van der Waals surface area (Å²) in [6.07, 6.45) is 4.07. The van der Waals surface area contributed by atoms with Crippen molar-refractivity contribution in [2.24, 2.45) is 0 Å². The summed E-state index contributed by atoms with van der Waals surface area (Å²) < 4.78 is 7.25. The lowest BCUT2D eigenvalue weighted by Crippen LogP contribution is -1.91. The molecule has 3 rings (SSSR count). The zero-order valence-electron chi connectivity index (χ0n) is 10.4. The van der Waals surface area contributed by atoms with E-state index < -0.39 is 0 Å². The van der Waals surface area contributed by atoms with Crippen LogP contribution >= 0.6 is 23.1 Å². The Balaban J connectivity index is 1.76. The third-order valence-electron chi connectivity index (χ3n) is 2.74. The predicted molar refractivity (Wildman–Crippen MR) is 80.0 cm³/mol. The van der Waals surface area contributed by atoms with Gasteiger partial charge in [0.05, 0.1) is 12.8 Å². The Morgan fingerprint density at radius 2 is 2.37 bits per heavy atom. The lowest BCUT2D eigenvalue weighted by atomic mass is 10.3. The highest BCUT2D eigenvalue weighted by molar-refractivity contribution is 7.98. The molecule has 0 bridgehead atoms. The van der Waals surface area contributed by atoms with Crippen LogP contribution in [0, 0.1) is 0 Å². The minimum atomic E-state index is 0.770. The number of anilines is 1. The highest BCUT2D eigenvalue weighted by Crippen LogP contribution is 2.31. The molecule has 2 N–H and O–H groups in total. The zero-order chi connectivity index (χ0) is 13.2. The second-order valence-corrected chi connectivity index (χ2v) is 5.91. The zero-order valence-corrected chi connectivity index (χ0v) is 12.0. The first-order valence-corrected chi connectivity index (χ1v) is 7.60. The number of aromatic nitrogens is 2. The van der Waals surface area contributed by atoms with Crippen LogP contribution in [-0.4, -0.2) is 16.5 Å². The molecular formula is C13H13N3OS2. The number of methoxy groups -OCH3 is 1. The van der Waals surface area contributed by atoms with Crippen LogP contribution in [0.5, 0.6) is 5.75 Å². The molecule has 0 aliphatic rings. The maximum Gasteiger partial charge on any atom is 0.193 e. The van der Waals surface area contributed by atoms with E-state index in [2.05, 4.69) is 11.2 Å². The van der Waals surface area contributed by atoms with Crippen molar-refractivity contribution in [1.82, 2.24) is 9.38 Å². The Morgan fingerprint density at radius 3 is 3.16 bits per heavy atom. The van der Waals surface area contributed by atoms with Gasteiger partial charge in [0, 0.05) is 34.1 Å². The molecule has 0 aliphatic carbocycles. The molecule has 2 heterocycles. The van der Waals surface area contributed by atoms with E-state index >= 15 is 0 Å². The number of nitrogens with two attached hydrogens (primary N) is 1. The van der Waals surface area contributed by atoms with E-state index in [0.29, 0.717) is 0 Å². The SMILES string of the molecule is COc1ccc(N)c(SCc2cn3ccsc3n2)c1. The molecule has 0 saturated heterocycles. The fourth-order valence-corrected chi connectivity index (χ4v) is 3.36. The van der Waals surface area contributed by atoms with Crippen molar-refractivity contribution in [3.8, 4) is 5.75 Å². The molecule has 19 heavy (non-hydrogen) atoms. The molecule has 0 unspecified atom stereocenters. The molecule has 6 heteroatoms. The molecule has 4 nitrogen and oxygen atoms in total. The number of hydrogen-bond donors (Lipinski definition) is 1. The van der Waals surface area contributed by atoms with Crippen LogP contribution in [0.2, 0.25) is 0 Å². The quantitative estimate of drug-likeness (QED) is 0.592. The van der Waals surface area contributed by atoms with Gasteiger partial charge in [-0.25, -0.2) is 4.98 Å². The maximum absolute atomic E-state index is 5.96. The number of ether oxygens (including phenoxy) is 1. The Kier molecular flexibility index (Phi) is 3.35. The molecule has 0 radical (unpaired) electrons. The molecule has 0 saturated carbocycles. The summed E-state index contributed by atoms with van der Waals surface area (Å²) >= 11 is 3.31. The van der Waals surface area contributed by atoms with Crippen LogP contribution in [-0.2, 0) is 5.75 Å². The van der Waals surface area contributed by atoms with Crippen LogP contribution in [0.4, 0.5) is 5.69 Å². The monoisotopic (exact) mass is 291 g/mol. The van der Waals surface area contributed by atoms with E-state index in [1.54, 1.807) is 30.2 Å². The van der Waals surface area contributed by atoms with Crippen LogP contribution in [0.15, 0.2) is 40.9 Å². The second kappa shape index (κ2) is 5.14. The molecule has 0 amide bonds. The van der Waals surface area contributed by atoms with Crippen LogP contribution in [0.1, 0.15) is 5.69 Å². The third kappa shape index (κ3) is 2.54. The number of imidazole rings is 1. The molecule has 2 aromatic heterocycles. The molecule has 98 valence electrons. The Morgan fingerprint density at radius 1 is 1.47 bits per heavy atom. The first kappa shape index (κ1) is 12.4. The molecule has 0 fully saturated rings. The van der Waals surface area contributed by atoms with Gasteiger partial charge in [-0.05, 0) is 18.2 Å². The highest BCUT2D eigenvalue weighted by atomic mass is 32.2. The number of nitrogens with zero attached hydrogens (tertiary/aromatic N) is 2. The van der Waals surface area contributed by atoms with Gasteiger partial charge < -0.3 is 10.5 Å². The van der Waals surface area contributed by atoms with Crippen molar-refractivity contribution in [2.75, 3.05) is 12.8 Å². The van der Waals surface area contributed by atoms with E-state index in [9.17, 15) is 0 Å². The average molecular weight is 291 g/mol. The van der Waals surface area contributed by atoms with E-state index in [4.69, 9.17) is 10.5 Å². The minimum Gasteiger partial charge on any atom is -0.497 e. The van der Waals surface area contributed by atoms with Gasteiger partial charge in [-0.15, -0.1) is 23.1 Å². The van der Waals surface area contributed by atoms with Crippen molar-refractivity contribution in [3.05, 3.63) is 41.7 Å². The number of nitrogen functional groups attached to an aromatic ring is 1. The maximum atomic E-state index is 5.96. The van der Waals surface area contributed by atoms with Gasteiger partial charge in [-0.3, -0.25) is 4.40 Å². The summed E-state index contributed by atoms with van der Waals surface area (Å²) in [6.45, 7) is 0. The van der Waals surface area contributed by atoms with Crippen LogP contribution in [0.3, 0.4) is 0 Å². The predicted octanol–water partition coefficient (Wildman–Crippen LogP) is 3.28. The van der Waals surface area contributed by atoms with Crippen molar-refractivity contribution in [1.29, 1.82) is 0 Å². The van der Waals surface area contributed by atoms with Crippen molar-refractivity contribution in [2.45, 2.75) is 10.6 Å². The van der Waals surface area contributed by atoms with E-state index in [0.717, 1.165) is 32.7 Å². The minimum absolute atomic E-state index is 0.770. The highest BCUT2D eigenvalue weighted by Gasteiger charge is 2.06. The first-order valence-electron chi connectivity index (χ1n) is 5.73. The van der Waals surface area contributed by atoms with Crippen molar-refractivity contribution >= 4 is 33.7 Å². The van der Waals surface area contributed by atoms with Gasteiger partial charge >= 0.3 is 0 Å².